The Kier molecular flexibility index (Phi) is 11.8. The highest BCUT2D eigenvalue weighted by molar-refractivity contribution is 6.31. The van der Waals surface area contributed by atoms with Crippen molar-refractivity contribution in [1.29, 1.82) is 0 Å². The molecule has 0 spiro atoms. The van der Waals surface area contributed by atoms with E-state index < -0.39 is 0 Å². The molecule has 5 aromatic rings. The quantitative estimate of drug-likeness (QED) is 0.0970. The number of hydrogen-bond donors (Lipinski definition) is 3. The van der Waals surface area contributed by atoms with Crippen LogP contribution in [0.5, 0.6) is 11.5 Å². The van der Waals surface area contributed by atoms with Crippen LogP contribution in [-0.4, -0.2) is 36.1 Å². The smallest absolute Gasteiger partial charge is 0.162 e. The van der Waals surface area contributed by atoms with Gasteiger partial charge in [-0.3, -0.25) is 0 Å². The third-order valence-corrected chi connectivity index (χ3v) is 7.72. The molecule has 4 aromatic carbocycles. The van der Waals surface area contributed by atoms with Crippen molar-refractivity contribution in [1.82, 2.24) is 15.3 Å². The third-order valence-electron chi connectivity index (χ3n) is 7.49. The van der Waals surface area contributed by atoms with Gasteiger partial charge < -0.3 is 25.8 Å². The molecule has 0 fully saturated rings. The van der Waals surface area contributed by atoms with Crippen molar-refractivity contribution in [3.05, 3.63) is 125 Å². The number of nitrogens with two attached hydrogens (primary N) is 1. The first-order chi connectivity index (χ1) is 22.1. The molecule has 0 saturated heterocycles. The molecule has 232 valence electrons. The molecular weight excluding hydrogens is 582 g/mol. The Morgan fingerprint density at radius 1 is 0.800 bits per heavy atom. The SMILES string of the molecule is CNC(CCN)CCCNc1nc(C=Cc2ccc(OCc3ccccc3)c(OCc3ccccc3)c2)nc2cc(Cl)ccc12. The summed E-state index contributed by atoms with van der Waals surface area (Å²) in [6.07, 6.45) is 6.86. The van der Waals surface area contributed by atoms with E-state index in [0.29, 0.717) is 48.1 Å². The summed E-state index contributed by atoms with van der Waals surface area (Å²) in [6, 6.07) is 32.2. The Morgan fingerprint density at radius 2 is 1.51 bits per heavy atom. The highest BCUT2D eigenvalue weighted by Crippen LogP contribution is 2.31. The fourth-order valence-electron chi connectivity index (χ4n) is 5.02. The first kappa shape index (κ1) is 32.0. The second-order valence-electron chi connectivity index (χ2n) is 10.8. The lowest BCUT2D eigenvalue weighted by Crippen LogP contribution is -2.28. The van der Waals surface area contributed by atoms with Gasteiger partial charge in [0.1, 0.15) is 19.0 Å². The lowest BCUT2D eigenvalue weighted by Gasteiger charge is -2.15. The van der Waals surface area contributed by atoms with Crippen molar-refractivity contribution >= 4 is 40.5 Å². The summed E-state index contributed by atoms with van der Waals surface area (Å²) in [7, 11) is 1.98. The normalized spacial score (nSPS) is 12.0. The molecule has 0 aliphatic heterocycles. The molecule has 0 saturated carbocycles. The Bertz CT molecular complexity index is 1680. The number of nitrogens with zero attached hydrogens (tertiary/aromatic N) is 2. The molecule has 0 aliphatic rings. The van der Waals surface area contributed by atoms with Crippen molar-refractivity contribution in [3.63, 3.8) is 0 Å². The van der Waals surface area contributed by atoms with Gasteiger partial charge in [-0.15, -0.1) is 0 Å². The van der Waals surface area contributed by atoms with Crippen molar-refractivity contribution in [3.8, 4) is 11.5 Å². The number of ether oxygens (including phenoxy) is 2. The first-order valence-corrected chi connectivity index (χ1v) is 15.7. The monoisotopic (exact) mass is 621 g/mol. The number of fused-ring (bicyclic) bond motifs is 1. The van der Waals surface area contributed by atoms with Crippen LogP contribution < -0.4 is 25.8 Å². The number of halogens is 1. The minimum atomic E-state index is 0.410. The molecule has 0 amide bonds. The fraction of sp³-hybridized carbons (Fsp3) is 0.243. The second kappa shape index (κ2) is 16.6. The highest BCUT2D eigenvalue weighted by atomic mass is 35.5. The van der Waals surface area contributed by atoms with Gasteiger partial charge >= 0.3 is 0 Å². The molecule has 1 atom stereocenters. The first-order valence-electron chi connectivity index (χ1n) is 15.4. The number of rotatable bonds is 16. The lowest BCUT2D eigenvalue weighted by atomic mass is 10.1. The molecule has 45 heavy (non-hydrogen) atoms. The van der Waals surface area contributed by atoms with Crippen LogP contribution >= 0.6 is 11.6 Å². The molecule has 7 nitrogen and oxygen atoms in total. The average molecular weight is 622 g/mol. The van der Waals surface area contributed by atoms with Crippen LogP contribution in [0.25, 0.3) is 23.1 Å². The molecular formula is C37H40ClN5O2. The zero-order chi connectivity index (χ0) is 31.3. The van der Waals surface area contributed by atoms with Crippen LogP contribution in [0.2, 0.25) is 5.02 Å². The summed E-state index contributed by atoms with van der Waals surface area (Å²) in [5, 5.41) is 8.43. The third kappa shape index (κ3) is 9.53. The molecule has 1 unspecified atom stereocenters. The highest BCUT2D eigenvalue weighted by Gasteiger charge is 2.10. The standard InChI is InChI=1S/C37H40ClN5O2/c1-40-31(20-21-39)13-8-22-41-37-32-17-16-30(38)24-33(32)42-36(43-37)19-15-27-14-18-34(44-25-28-9-4-2-5-10-28)35(23-27)45-26-29-11-6-3-7-12-29/h2-7,9-12,14-19,23-24,31,40H,8,13,20-22,25-26,39H2,1H3,(H,41,42,43). The van der Waals surface area contributed by atoms with Crippen molar-refractivity contribution in [2.24, 2.45) is 5.73 Å². The predicted molar refractivity (Wildman–Crippen MR) is 186 cm³/mol. The number of benzene rings is 4. The van der Waals surface area contributed by atoms with Crippen LogP contribution in [0.1, 0.15) is 41.8 Å². The molecule has 8 heteroatoms. The zero-order valence-corrected chi connectivity index (χ0v) is 26.3. The van der Waals surface area contributed by atoms with Gasteiger partial charge in [-0.05, 0) is 86.0 Å². The van der Waals surface area contributed by atoms with Crippen LogP contribution in [-0.2, 0) is 13.2 Å². The lowest BCUT2D eigenvalue weighted by molar-refractivity contribution is 0.256. The number of hydrogen-bond acceptors (Lipinski definition) is 7. The van der Waals surface area contributed by atoms with E-state index in [1.807, 2.05) is 116 Å². The Morgan fingerprint density at radius 3 is 2.20 bits per heavy atom. The fourth-order valence-corrected chi connectivity index (χ4v) is 5.19. The summed E-state index contributed by atoms with van der Waals surface area (Å²) in [4.78, 5) is 9.64. The molecule has 4 N–H and O–H groups in total. The molecule has 1 heterocycles. The van der Waals surface area contributed by atoms with Gasteiger partial charge in [-0.25, -0.2) is 9.97 Å². The van der Waals surface area contributed by atoms with E-state index in [0.717, 1.165) is 59.2 Å². The summed E-state index contributed by atoms with van der Waals surface area (Å²) in [5.41, 5.74) is 9.64. The van der Waals surface area contributed by atoms with Gasteiger partial charge in [0.05, 0.1) is 5.52 Å². The molecule has 0 aliphatic carbocycles. The van der Waals surface area contributed by atoms with Gasteiger partial charge in [0.2, 0.25) is 0 Å². The Balaban J connectivity index is 1.35. The second-order valence-corrected chi connectivity index (χ2v) is 11.2. The van der Waals surface area contributed by atoms with E-state index in [4.69, 9.17) is 36.8 Å². The van der Waals surface area contributed by atoms with Gasteiger partial charge in [-0.2, -0.15) is 0 Å². The van der Waals surface area contributed by atoms with E-state index in [1.165, 1.54) is 0 Å². The molecule has 0 bridgehead atoms. The van der Waals surface area contributed by atoms with Crippen molar-refractivity contribution in [2.45, 2.75) is 38.5 Å². The summed E-state index contributed by atoms with van der Waals surface area (Å²) in [5.74, 6) is 2.72. The number of anilines is 1. The van der Waals surface area contributed by atoms with E-state index in [2.05, 4.69) is 10.6 Å². The van der Waals surface area contributed by atoms with Gasteiger partial charge in [0, 0.05) is 23.0 Å². The molecule has 1 aromatic heterocycles. The topological polar surface area (TPSA) is 94.3 Å². The number of aromatic nitrogens is 2. The number of nitrogens with one attached hydrogen (secondary N) is 2. The maximum Gasteiger partial charge on any atom is 0.162 e. The minimum Gasteiger partial charge on any atom is -0.485 e. The van der Waals surface area contributed by atoms with Crippen LogP contribution in [0, 0.1) is 0 Å². The predicted octanol–water partition coefficient (Wildman–Crippen LogP) is 7.74. The maximum atomic E-state index is 6.33. The van der Waals surface area contributed by atoms with Gasteiger partial charge in [0.15, 0.2) is 17.3 Å². The largest absolute Gasteiger partial charge is 0.485 e. The Labute approximate surface area is 270 Å². The van der Waals surface area contributed by atoms with Gasteiger partial charge in [-0.1, -0.05) is 84.4 Å². The summed E-state index contributed by atoms with van der Waals surface area (Å²) in [6.45, 7) is 2.34. The van der Waals surface area contributed by atoms with E-state index in [-0.39, 0.29) is 0 Å². The minimum absolute atomic E-state index is 0.410. The van der Waals surface area contributed by atoms with Crippen LogP contribution in [0.15, 0.2) is 97.1 Å². The van der Waals surface area contributed by atoms with Crippen molar-refractivity contribution < 1.29 is 9.47 Å². The summed E-state index contributed by atoms with van der Waals surface area (Å²) >= 11 is 6.33. The van der Waals surface area contributed by atoms with Crippen molar-refractivity contribution in [2.75, 3.05) is 25.5 Å². The van der Waals surface area contributed by atoms with Crippen LogP contribution in [0.4, 0.5) is 5.82 Å². The van der Waals surface area contributed by atoms with Crippen LogP contribution in [0.3, 0.4) is 0 Å². The van der Waals surface area contributed by atoms with E-state index >= 15 is 0 Å². The Hall–Kier alpha value is -4.43. The zero-order valence-electron chi connectivity index (χ0n) is 25.6. The molecule has 5 rings (SSSR count). The maximum absolute atomic E-state index is 6.33. The average Bonchev–Trinajstić information content (AvgIpc) is 3.07. The summed E-state index contributed by atoms with van der Waals surface area (Å²) < 4.78 is 12.4. The van der Waals surface area contributed by atoms with E-state index in [9.17, 15) is 0 Å². The van der Waals surface area contributed by atoms with Gasteiger partial charge in [0.25, 0.3) is 0 Å². The molecule has 0 radical (unpaired) electrons. The van der Waals surface area contributed by atoms with E-state index in [1.54, 1.807) is 0 Å².